The second-order valence-corrected chi connectivity index (χ2v) is 7.67. The summed E-state index contributed by atoms with van der Waals surface area (Å²) in [6.07, 6.45) is 6.06. The molecule has 1 atom stereocenters. The van der Waals surface area contributed by atoms with Crippen LogP contribution in [0.4, 0.5) is 0 Å². The Morgan fingerprint density at radius 1 is 1.31 bits per heavy atom. The van der Waals surface area contributed by atoms with Crippen LogP contribution >= 0.6 is 0 Å². The van der Waals surface area contributed by atoms with Gasteiger partial charge in [-0.3, -0.25) is 4.79 Å². The number of aryl methyl sites for hydroxylation is 1. The molecule has 1 amide bonds. The molecule has 4 rings (SSSR count). The SMILES string of the molecule is COc1cccc(CC(=O)N2CCC(Cn3c(C)cnc3C3CC3)C2)c1. The Kier molecular flexibility index (Phi) is 4.70. The molecule has 0 bridgehead atoms. The maximum Gasteiger partial charge on any atom is 0.227 e. The molecule has 5 nitrogen and oxygen atoms in total. The number of carbonyl (C=O) groups excluding carboxylic acids is 1. The minimum atomic E-state index is 0.213. The lowest BCUT2D eigenvalue weighted by Gasteiger charge is -2.18. The van der Waals surface area contributed by atoms with E-state index >= 15 is 0 Å². The number of methoxy groups -OCH3 is 1. The Bertz CT molecular complexity index is 794. The molecule has 0 radical (unpaired) electrons. The number of likely N-dealkylation sites (tertiary alicyclic amines) is 1. The second kappa shape index (κ2) is 7.14. The molecule has 138 valence electrons. The van der Waals surface area contributed by atoms with Gasteiger partial charge in [-0.1, -0.05) is 12.1 Å². The molecular weight excluding hydrogens is 326 g/mol. The lowest BCUT2D eigenvalue weighted by molar-refractivity contribution is -0.129. The second-order valence-electron chi connectivity index (χ2n) is 7.67. The zero-order chi connectivity index (χ0) is 18.1. The molecule has 1 aliphatic carbocycles. The van der Waals surface area contributed by atoms with E-state index in [-0.39, 0.29) is 5.91 Å². The first-order valence-electron chi connectivity index (χ1n) is 9.56. The highest BCUT2D eigenvalue weighted by Gasteiger charge is 2.31. The fraction of sp³-hybridized carbons (Fsp3) is 0.524. The largest absolute Gasteiger partial charge is 0.497 e. The maximum absolute atomic E-state index is 12.7. The van der Waals surface area contributed by atoms with Crippen LogP contribution in [-0.2, 0) is 17.8 Å². The first-order valence-corrected chi connectivity index (χ1v) is 9.56. The van der Waals surface area contributed by atoms with Crippen LogP contribution in [-0.4, -0.2) is 40.6 Å². The van der Waals surface area contributed by atoms with Crippen LogP contribution in [0, 0.1) is 12.8 Å². The van der Waals surface area contributed by atoms with Crippen LogP contribution < -0.4 is 4.74 Å². The van der Waals surface area contributed by atoms with Crippen molar-refractivity contribution in [3.63, 3.8) is 0 Å². The predicted octanol–water partition coefficient (Wildman–Crippen LogP) is 3.17. The van der Waals surface area contributed by atoms with Crippen LogP contribution in [0.2, 0.25) is 0 Å². The molecule has 2 heterocycles. The Labute approximate surface area is 155 Å². The highest BCUT2D eigenvalue weighted by molar-refractivity contribution is 5.79. The summed E-state index contributed by atoms with van der Waals surface area (Å²) in [5, 5.41) is 0. The van der Waals surface area contributed by atoms with Crippen molar-refractivity contribution in [2.75, 3.05) is 20.2 Å². The summed E-state index contributed by atoms with van der Waals surface area (Å²) < 4.78 is 7.64. The molecule has 1 saturated carbocycles. The van der Waals surface area contributed by atoms with E-state index in [0.29, 0.717) is 18.3 Å². The van der Waals surface area contributed by atoms with E-state index in [1.54, 1.807) is 7.11 Å². The van der Waals surface area contributed by atoms with Crippen molar-refractivity contribution in [1.29, 1.82) is 0 Å². The molecule has 1 aromatic heterocycles. The highest BCUT2D eigenvalue weighted by atomic mass is 16.5. The van der Waals surface area contributed by atoms with E-state index in [4.69, 9.17) is 4.74 Å². The Morgan fingerprint density at radius 2 is 2.15 bits per heavy atom. The van der Waals surface area contributed by atoms with Gasteiger partial charge in [0.05, 0.1) is 13.5 Å². The number of hydrogen-bond acceptors (Lipinski definition) is 3. The summed E-state index contributed by atoms with van der Waals surface area (Å²) in [7, 11) is 1.65. The van der Waals surface area contributed by atoms with E-state index in [2.05, 4.69) is 16.5 Å². The number of benzene rings is 1. The lowest BCUT2D eigenvalue weighted by atomic mass is 10.1. The van der Waals surface area contributed by atoms with Crippen molar-refractivity contribution in [2.24, 2.45) is 5.92 Å². The minimum absolute atomic E-state index is 0.213. The topological polar surface area (TPSA) is 47.4 Å². The first kappa shape index (κ1) is 17.1. The van der Waals surface area contributed by atoms with Crippen LogP contribution in [0.1, 0.15) is 42.3 Å². The van der Waals surface area contributed by atoms with Gasteiger partial charge in [-0.05, 0) is 49.8 Å². The summed E-state index contributed by atoms with van der Waals surface area (Å²) >= 11 is 0. The normalized spacial score (nSPS) is 19.8. The Balaban J connectivity index is 1.36. The van der Waals surface area contributed by atoms with Gasteiger partial charge in [0, 0.05) is 37.4 Å². The van der Waals surface area contributed by atoms with Gasteiger partial charge >= 0.3 is 0 Å². The number of carbonyl (C=O) groups is 1. The van der Waals surface area contributed by atoms with Gasteiger partial charge in [-0.15, -0.1) is 0 Å². The molecule has 1 aromatic carbocycles. The average Bonchev–Trinajstić information content (AvgIpc) is 3.27. The van der Waals surface area contributed by atoms with Gasteiger partial charge in [-0.25, -0.2) is 4.98 Å². The number of imidazole rings is 1. The van der Waals surface area contributed by atoms with E-state index in [1.165, 1.54) is 24.4 Å². The zero-order valence-electron chi connectivity index (χ0n) is 15.6. The molecule has 0 spiro atoms. The monoisotopic (exact) mass is 353 g/mol. The third-order valence-corrected chi connectivity index (χ3v) is 5.60. The molecule has 26 heavy (non-hydrogen) atoms. The van der Waals surface area contributed by atoms with Gasteiger partial charge < -0.3 is 14.2 Å². The number of hydrogen-bond donors (Lipinski definition) is 0. The van der Waals surface area contributed by atoms with E-state index in [9.17, 15) is 4.79 Å². The third kappa shape index (κ3) is 3.62. The fourth-order valence-electron chi connectivity index (χ4n) is 3.92. The maximum atomic E-state index is 12.7. The molecule has 0 N–H and O–H groups in total. The van der Waals surface area contributed by atoms with Gasteiger partial charge in [0.25, 0.3) is 0 Å². The quantitative estimate of drug-likeness (QED) is 0.801. The molecule has 2 aliphatic rings. The molecule has 1 aliphatic heterocycles. The summed E-state index contributed by atoms with van der Waals surface area (Å²) in [6.45, 7) is 4.84. The van der Waals surface area contributed by atoms with Crippen molar-refractivity contribution in [1.82, 2.24) is 14.5 Å². The minimum Gasteiger partial charge on any atom is -0.497 e. The highest BCUT2D eigenvalue weighted by Crippen LogP contribution is 2.40. The summed E-state index contributed by atoms with van der Waals surface area (Å²) in [5.74, 6) is 3.46. The van der Waals surface area contributed by atoms with Crippen LogP contribution in [0.3, 0.4) is 0 Å². The van der Waals surface area contributed by atoms with Gasteiger partial charge in [0.2, 0.25) is 5.91 Å². The van der Waals surface area contributed by atoms with Crippen molar-refractivity contribution < 1.29 is 9.53 Å². The number of aromatic nitrogens is 2. The molecule has 2 fully saturated rings. The number of rotatable bonds is 6. The fourth-order valence-corrected chi connectivity index (χ4v) is 3.92. The predicted molar refractivity (Wildman–Crippen MR) is 100 cm³/mol. The number of ether oxygens (including phenoxy) is 1. The molecule has 1 saturated heterocycles. The van der Waals surface area contributed by atoms with Gasteiger partial charge in [0.15, 0.2) is 0 Å². The van der Waals surface area contributed by atoms with E-state index in [0.717, 1.165) is 37.4 Å². The van der Waals surface area contributed by atoms with Crippen molar-refractivity contribution in [2.45, 2.75) is 45.1 Å². The molecular formula is C21H27N3O2. The average molecular weight is 353 g/mol. The molecule has 1 unspecified atom stereocenters. The first-order chi connectivity index (χ1) is 12.6. The molecule has 2 aromatic rings. The summed E-state index contributed by atoms with van der Waals surface area (Å²) in [6, 6.07) is 7.78. The Hall–Kier alpha value is -2.30. The molecule has 5 heteroatoms. The van der Waals surface area contributed by atoms with E-state index in [1.807, 2.05) is 35.4 Å². The van der Waals surface area contributed by atoms with Gasteiger partial charge in [0.1, 0.15) is 11.6 Å². The van der Waals surface area contributed by atoms with Gasteiger partial charge in [-0.2, -0.15) is 0 Å². The van der Waals surface area contributed by atoms with Crippen molar-refractivity contribution >= 4 is 5.91 Å². The lowest BCUT2D eigenvalue weighted by Crippen LogP contribution is -2.30. The third-order valence-electron chi connectivity index (χ3n) is 5.60. The number of nitrogens with zero attached hydrogens (tertiary/aromatic N) is 3. The number of amides is 1. The summed E-state index contributed by atoms with van der Waals surface area (Å²) in [5.41, 5.74) is 2.26. The zero-order valence-corrected chi connectivity index (χ0v) is 15.6. The van der Waals surface area contributed by atoms with Crippen LogP contribution in [0.15, 0.2) is 30.5 Å². The smallest absolute Gasteiger partial charge is 0.227 e. The standard InChI is InChI=1S/C21H27N3O2/c1-15-12-22-21(18-6-7-18)24(15)14-17-8-9-23(13-17)20(25)11-16-4-3-5-19(10-16)26-2/h3-5,10,12,17-18H,6-9,11,13-14H2,1-2H3. The van der Waals surface area contributed by atoms with Crippen molar-refractivity contribution in [3.8, 4) is 5.75 Å². The summed E-state index contributed by atoms with van der Waals surface area (Å²) in [4.78, 5) is 19.3. The van der Waals surface area contributed by atoms with Crippen LogP contribution in [0.5, 0.6) is 5.75 Å². The van der Waals surface area contributed by atoms with Crippen LogP contribution in [0.25, 0.3) is 0 Å². The Morgan fingerprint density at radius 3 is 2.92 bits per heavy atom. The van der Waals surface area contributed by atoms with Crippen molar-refractivity contribution in [3.05, 3.63) is 47.5 Å². The van der Waals surface area contributed by atoms with E-state index < -0.39 is 0 Å².